The maximum atomic E-state index is 12.9. The Morgan fingerprint density at radius 1 is 1.10 bits per heavy atom. The molecular weight excluding hydrogens is 416 g/mol. The van der Waals surface area contributed by atoms with E-state index < -0.39 is 18.0 Å². The third-order valence-electron chi connectivity index (χ3n) is 4.64. The summed E-state index contributed by atoms with van der Waals surface area (Å²) >= 11 is 1.49. The number of hydrogen-bond acceptors (Lipinski definition) is 6. The lowest BCUT2D eigenvalue weighted by atomic mass is 10.0. The van der Waals surface area contributed by atoms with Crippen LogP contribution in [0.1, 0.15) is 9.67 Å². The fourth-order valence-corrected chi connectivity index (χ4v) is 4.04. The van der Waals surface area contributed by atoms with Crippen LogP contribution >= 0.6 is 11.3 Å². The van der Waals surface area contributed by atoms with Gasteiger partial charge in [0.25, 0.3) is 5.91 Å². The predicted molar refractivity (Wildman–Crippen MR) is 95.1 cm³/mol. The highest BCUT2D eigenvalue weighted by Crippen LogP contribution is 2.33. The van der Waals surface area contributed by atoms with E-state index in [1.807, 2.05) is 22.4 Å². The van der Waals surface area contributed by atoms with Crippen LogP contribution in [0.15, 0.2) is 29.9 Å². The van der Waals surface area contributed by atoms with Crippen molar-refractivity contribution in [3.63, 3.8) is 0 Å². The van der Waals surface area contributed by atoms with Gasteiger partial charge in [-0.2, -0.15) is 13.2 Å². The Labute approximate surface area is 166 Å². The van der Waals surface area contributed by atoms with E-state index in [0.29, 0.717) is 17.8 Å². The van der Waals surface area contributed by atoms with Crippen molar-refractivity contribution in [2.75, 3.05) is 31.1 Å². The Balaban J connectivity index is 0.000000298. The maximum absolute atomic E-state index is 12.9. The molecule has 0 aromatic carbocycles. The van der Waals surface area contributed by atoms with Crippen LogP contribution in [0, 0.1) is 17.7 Å². The topological polar surface area (TPSA) is 86.6 Å². The van der Waals surface area contributed by atoms with Crippen LogP contribution in [-0.2, 0) is 4.79 Å². The summed E-state index contributed by atoms with van der Waals surface area (Å²) < 4.78 is 44.6. The lowest BCUT2D eigenvalue weighted by Crippen LogP contribution is -2.33. The minimum Gasteiger partial charge on any atom is -0.475 e. The zero-order chi connectivity index (χ0) is 21.2. The summed E-state index contributed by atoms with van der Waals surface area (Å²) in [7, 11) is 0. The highest BCUT2D eigenvalue weighted by atomic mass is 32.1. The zero-order valence-electron chi connectivity index (χ0n) is 14.8. The van der Waals surface area contributed by atoms with Gasteiger partial charge in [-0.3, -0.25) is 4.79 Å². The lowest BCUT2D eigenvalue weighted by Gasteiger charge is -2.21. The Hall–Kier alpha value is -2.76. The largest absolute Gasteiger partial charge is 0.490 e. The molecule has 12 heteroatoms. The smallest absolute Gasteiger partial charge is 0.475 e. The van der Waals surface area contributed by atoms with E-state index in [0.717, 1.165) is 31.1 Å². The number of carboxylic acids is 1. The van der Waals surface area contributed by atoms with Crippen molar-refractivity contribution in [1.29, 1.82) is 0 Å². The summed E-state index contributed by atoms with van der Waals surface area (Å²) in [4.78, 5) is 34.2. The van der Waals surface area contributed by atoms with Gasteiger partial charge in [-0.25, -0.2) is 19.2 Å². The fraction of sp³-hybridized carbons (Fsp3) is 0.412. The van der Waals surface area contributed by atoms with Crippen molar-refractivity contribution in [2.45, 2.75) is 6.18 Å². The number of thiophene rings is 1. The minimum atomic E-state index is -5.08. The molecule has 0 aliphatic carbocycles. The number of hydrogen-bond donors (Lipinski definition) is 1. The first-order valence-electron chi connectivity index (χ1n) is 8.50. The molecule has 29 heavy (non-hydrogen) atoms. The van der Waals surface area contributed by atoms with Crippen LogP contribution in [-0.4, -0.2) is 64.2 Å². The highest BCUT2D eigenvalue weighted by Gasteiger charge is 2.42. The molecule has 0 spiro atoms. The first kappa shape index (κ1) is 21.0. The number of rotatable bonds is 2. The van der Waals surface area contributed by atoms with Gasteiger partial charge in [0, 0.05) is 38.0 Å². The molecule has 0 unspecified atom stereocenters. The van der Waals surface area contributed by atoms with Crippen molar-refractivity contribution in [1.82, 2.24) is 14.9 Å². The Bertz CT molecular complexity index is 847. The van der Waals surface area contributed by atoms with Crippen molar-refractivity contribution < 1.29 is 32.3 Å². The van der Waals surface area contributed by atoms with Gasteiger partial charge in [0.1, 0.15) is 0 Å². The second kappa shape index (κ2) is 8.31. The molecule has 2 fully saturated rings. The number of alkyl halides is 3. The molecule has 2 aliphatic heterocycles. The number of aromatic nitrogens is 2. The second-order valence-electron chi connectivity index (χ2n) is 6.62. The van der Waals surface area contributed by atoms with Gasteiger partial charge in [-0.15, -0.1) is 11.3 Å². The molecule has 1 amide bonds. The van der Waals surface area contributed by atoms with E-state index in [2.05, 4.69) is 14.9 Å². The molecule has 156 valence electrons. The summed E-state index contributed by atoms with van der Waals surface area (Å²) in [6, 6.07) is 3.78. The van der Waals surface area contributed by atoms with Gasteiger partial charge in [-0.1, -0.05) is 6.07 Å². The molecule has 2 aromatic heterocycles. The first-order chi connectivity index (χ1) is 13.6. The summed E-state index contributed by atoms with van der Waals surface area (Å²) in [6.45, 7) is 3.20. The molecule has 2 aliphatic rings. The van der Waals surface area contributed by atoms with Gasteiger partial charge in [0.15, 0.2) is 5.82 Å². The number of carbonyl (C=O) groups excluding carboxylic acids is 1. The summed E-state index contributed by atoms with van der Waals surface area (Å²) in [5.41, 5.74) is 0. The summed E-state index contributed by atoms with van der Waals surface area (Å²) in [5, 5.41) is 9.05. The number of carbonyl (C=O) groups is 2. The van der Waals surface area contributed by atoms with E-state index in [1.165, 1.54) is 23.7 Å². The van der Waals surface area contributed by atoms with Gasteiger partial charge in [0.2, 0.25) is 5.95 Å². The molecule has 0 radical (unpaired) electrons. The van der Waals surface area contributed by atoms with Crippen LogP contribution in [0.4, 0.5) is 23.5 Å². The Morgan fingerprint density at radius 3 is 2.10 bits per heavy atom. The predicted octanol–water partition coefficient (Wildman–Crippen LogP) is 2.52. The van der Waals surface area contributed by atoms with Gasteiger partial charge in [-0.05, 0) is 11.4 Å². The van der Waals surface area contributed by atoms with E-state index in [4.69, 9.17) is 9.90 Å². The number of nitrogens with zero attached hydrogens (tertiary/aromatic N) is 4. The van der Waals surface area contributed by atoms with Gasteiger partial charge >= 0.3 is 12.1 Å². The van der Waals surface area contributed by atoms with Crippen LogP contribution in [0.5, 0.6) is 0 Å². The van der Waals surface area contributed by atoms with Gasteiger partial charge < -0.3 is 14.9 Å². The lowest BCUT2D eigenvalue weighted by molar-refractivity contribution is -0.192. The van der Waals surface area contributed by atoms with Crippen LogP contribution < -0.4 is 4.90 Å². The number of fused-ring (bicyclic) bond motifs is 1. The van der Waals surface area contributed by atoms with Crippen LogP contribution in [0.2, 0.25) is 0 Å². The zero-order valence-corrected chi connectivity index (χ0v) is 15.7. The standard InChI is InChI=1S/C15H15FN4OS.C2HF3O2/c16-12-4-17-15(18-5-12)20-8-10-6-19(7-11(10)9-20)14(21)13-2-1-3-22-13;3-2(4,5)1(6)7/h1-5,10-11H,6-9H2;(H,6,7)/t10-,11+;. The summed E-state index contributed by atoms with van der Waals surface area (Å²) in [5.74, 6) is -1.58. The van der Waals surface area contributed by atoms with E-state index in [1.54, 1.807) is 0 Å². The summed E-state index contributed by atoms with van der Waals surface area (Å²) in [6.07, 6.45) is -2.69. The average molecular weight is 432 g/mol. The average Bonchev–Trinajstić information content (AvgIpc) is 3.37. The monoisotopic (exact) mass is 432 g/mol. The molecule has 2 saturated heterocycles. The number of amides is 1. The normalized spacial score (nSPS) is 20.8. The van der Waals surface area contributed by atoms with Crippen molar-refractivity contribution >= 4 is 29.2 Å². The van der Waals surface area contributed by atoms with Crippen molar-refractivity contribution in [3.8, 4) is 0 Å². The molecular formula is C17H16F4N4O3S. The molecule has 1 N–H and O–H groups in total. The quantitative estimate of drug-likeness (QED) is 0.734. The molecule has 4 rings (SSSR count). The SMILES string of the molecule is O=C(O)C(F)(F)F.O=C(c1cccs1)N1C[C@@H]2CN(c3ncc(F)cn3)C[C@@H]2C1. The third kappa shape index (κ3) is 5.00. The Kier molecular flexibility index (Phi) is 6.01. The molecule has 2 atom stereocenters. The van der Waals surface area contributed by atoms with Gasteiger partial charge in [0.05, 0.1) is 17.3 Å². The number of likely N-dealkylation sites (tertiary alicyclic amines) is 1. The molecule has 7 nitrogen and oxygen atoms in total. The molecule has 0 saturated carbocycles. The van der Waals surface area contributed by atoms with E-state index in [9.17, 15) is 22.4 Å². The number of anilines is 1. The molecule has 2 aromatic rings. The maximum Gasteiger partial charge on any atom is 0.490 e. The second-order valence-corrected chi connectivity index (χ2v) is 7.56. The van der Waals surface area contributed by atoms with Crippen LogP contribution in [0.25, 0.3) is 0 Å². The fourth-order valence-electron chi connectivity index (χ4n) is 3.35. The molecule has 0 bridgehead atoms. The number of aliphatic carboxylic acids is 1. The highest BCUT2D eigenvalue weighted by molar-refractivity contribution is 7.12. The third-order valence-corrected chi connectivity index (χ3v) is 5.50. The number of halogens is 4. The number of carboxylic acid groups (broad SMARTS) is 1. The Morgan fingerprint density at radius 2 is 1.66 bits per heavy atom. The van der Waals surface area contributed by atoms with E-state index >= 15 is 0 Å². The van der Waals surface area contributed by atoms with Crippen molar-refractivity contribution in [3.05, 3.63) is 40.6 Å². The minimum absolute atomic E-state index is 0.133. The van der Waals surface area contributed by atoms with Crippen molar-refractivity contribution in [2.24, 2.45) is 11.8 Å². The van der Waals surface area contributed by atoms with Crippen LogP contribution in [0.3, 0.4) is 0 Å². The molecule has 4 heterocycles. The first-order valence-corrected chi connectivity index (χ1v) is 9.38. The van der Waals surface area contributed by atoms with E-state index in [-0.39, 0.29) is 5.91 Å².